The largest absolute Gasteiger partial charge is 0.416 e. The second-order valence-electron chi connectivity index (χ2n) is 7.78. The van der Waals surface area contributed by atoms with Crippen molar-refractivity contribution in [1.29, 1.82) is 0 Å². The molecule has 0 atom stereocenters. The Labute approximate surface area is 193 Å². The van der Waals surface area contributed by atoms with E-state index in [9.17, 15) is 13.2 Å². The van der Waals surface area contributed by atoms with Crippen LogP contribution in [-0.2, 0) is 6.18 Å². The number of hydrogen-bond donors (Lipinski definition) is 3. The Bertz CT molecular complexity index is 1450. The summed E-state index contributed by atoms with van der Waals surface area (Å²) in [5, 5.41) is 11.6. The standard InChI is InChI=1S/C26H20F3N5/c1-17(32-21-10-8-20(9-11-21)26(27,28)29)33-25-15-30-24-12-7-18(13-23(24)25)19-14-31-34(16-19)22-5-3-2-4-6-22/h2-16,30,32-33H,1H2. The van der Waals surface area contributed by atoms with Gasteiger partial charge in [-0.2, -0.15) is 18.3 Å². The van der Waals surface area contributed by atoms with Crippen LogP contribution < -0.4 is 10.6 Å². The van der Waals surface area contributed by atoms with Crippen LogP contribution in [0.3, 0.4) is 0 Å². The van der Waals surface area contributed by atoms with E-state index in [1.54, 1.807) is 0 Å². The minimum atomic E-state index is -4.37. The minimum absolute atomic E-state index is 0.433. The van der Waals surface area contributed by atoms with Gasteiger partial charge >= 0.3 is 6.18 Å². The fraction of sp³-hybridized carbons (Fsp3) is 0.0385. The number of hydrogen-bond acceptors (Lipinski definition) is 3. The van der Waals surface area contributed by atoms with Crippen molar-refractivity contribution in [2.45, 2.75) is 6.18 Å². The van der Waals surface area contributed by atoms with Gasteiger partial charge in [0, 0.05) is 34.5 Å². The number of aromatic amines is 1. The molecule has 0 radical (unpaired) electrons. The number of aromatic nitrogens is 3. The van der Waals surface area contributed by atoms with Gasteiger partial charge in [0.2, 0.25) is 0 Å². The maximum absolute atomic E-state index is 12.8. The van der Waals surface area contributed by atoms with Crippen LogP contribution in [0, 0.1) is 0 Å². The van der Waals surface area contributed by atoms with Gasteiger partial charge in [-0.15, -0.1) is 0 Å². The number of benzene rings is 3. The molecule has 170 valence electrons. The summed E-state index contributed by atoms with van der Waals surface area (Å²) in [6.45, 7) is 3.95. The van der Waals surface area contributed by atoms with Crippen LogP contribution in [-0.4, -0.2) is 14.8 Å². The van der Waals surface area contributed by atoms with Crippen molar-refractivity contribution in [3.05, 3.63) is 109 Å². The van der Waals surface area contributed by atoms with Crippen molar-refractivity contribution in [2.75, 3.05) is 10.6 Å². The monoisotopic (exact) mass is 459 g/mol. The second kappa shape index (κ2) is 8.47. The number of H-pyrrole nitrogens is 1. The summed E-state index contributed by atoms with van der Waals surface area (Å²) in [6, 6.07) is 20.7. The van der Waals surface area contributed by atoms with E-state index in [0.717, 1.165) is 45.5 Å². The predicted octanol–water partition coefficient (Wildman–Crippen LogP) is 7.03. The first-order valence-corrected chi connectivity index (χ1v) is 10.5. The highest BCUT2D eigenvalue weighted by atomic mass is 19.4. The topological polar surface area (TPSA) is 57.7 Å². The summed E-state index contributed by atoms with van der Waals surface area (Å²) < 4.78 is 40.1. The average Bonchev–Trinajstić information content (AvgIpc) is 3.47. The van der Waals surface area contributed by atoms with Crippen LogP contribution in [0.2, 0.25) is 0 Å². The Morgan fingerprint density at radius 3 is 2.41 bits per heavy atom. The summed E-state index contributed by atoms with van der Waals surface area (Å²) in [7, 11) is 0. The molecule has 0 aliphatic rings. The highest BCUT2D eigenvalue weighted by Crippen LogP contribution is 2.31. The number of nitrogens with one attached hydrogen (secondary N) is 3. The Morgan fingerprint density at radius 2 is 1.68 bits per heavy atom. The summed E-state index contributed by atoms with van der Waals surface area (Å²) in [5.74, 6) is 0.433. The van der Waals surface area contributed by atoms with Crippen molar-refractivity contribution in [1.82, 2.24) is 14.8 Å². The van der Waals surface area contributed by atoms with E-state index in [0.29, 0.717) is 11.5 Å². The Morgan fingerprint density at radius 1 is 0.912 bits per heavy atom. The van der Waals surface area contributed by atoms with E-state index >= 15 is 0 Å². The summed E-state index contributed by atoms with van der Waals surface area (Å²) >= 11 is 0. The molecule has 0 unspecified atom stereocenters. The lowest BCUT2D eigenvalue weighted by atomic mass is 10.1. The van der Waals surface area contributed by atoms with Crippen molar-refractivity contribution in [3.63, 3.8) is 0 Å². The average molecular weight is 459 g/mol. The Kier molecular flexibility index (Phi) is 5.33. The number of halogens is 3. The van der Waals surface area contributed by atoms with Crippen molar-refractivity contribution < 1.29 is 13.2 Å². The molecule has 0 spiro atoms. The van der Waals surface area contributed by atoms with Crippen molar-refractivity contribution >= 4 is 22.3 Å². The Hall–Kier alpha value is -4.46. The van der Waals surface area contributed by atoms with Crippen molar-refractivity contribution in [3.8, 4) is 16.8 Å². The molecule has 3 N–H and O–H groups in total. The van der Waals surface area contributed by atoms with Gasteiger partial charge in [0.15, 0.2) is 0 Å². The number of anilines is 2. The number of alkyl halides is 3. The molecular formula is C26H20F3N5. The molecule has 2 heterocycles. The molecule has 5 aromatic rings. The zero-order chi connectivity index (χ0) is 23.7. The van der Waals surface area contributed by atoms with E-state index in [2.05, 4.69) is 27.3 Å². The first-order valence-electron chi connectivity index (χ1n) is 10.5. The SMILES string of the molecule is C=C(Nc1ccc(C(F)(F)F)cc1)Nc1c[nH]c2ccc(-c3cnn(-c4ccccc4)c3)cc12. The molecule has 5 rings (SSSR count). The molecule has 0 aliphatic heterocycles. The molecule has 0 fully saturated rings. The zero-order valence-electron chi connectivity index (χ0n) is 17.9. The van der Waals surface area contributed by atoms with Gasteiger partial charge in [-0.05, 0) is 54.1 Å². The highest BCUT2D eigenvalue weighted by molar-refractivity contribution is 5.96. The third-order valence-electron chi connectivity index (χ3n) is 5.41. The van der Waals surface area contributed by atoms with Gasteiger partial charge in [-0.3, -0.25) is 0 Å². The minimum Gasteiger partial charge on any atom is -0.359 e. The van der Waals surface area contributed by atoms with E-state index < -0.39 is 11.7 Å². The molecule has 0 bridgehead atoms. The third kappa shape index (κ3) is 4.38. The fourth-order valence-electron chi connectivity index (χ4n) is 3.71. The quantitative estimate of drug-likeness (QED) is 0.255. The summed E-state index contributed by atoms with van der Waals surface area (Å²) in [5.41, 5.74) is 4.47. The predicted molar refractivity (Wildman–Crippen MR) is 129 cm³/mol. The molecule has 8 heteroatoms. The molecule has 0 saturated heterocycles. The molecular weight excluding hydrogens is 439 g/mol. The molecule has 2 aromatic heterocycles. The number of para-hydroxylation sites is 1. The maximum Gasteiger partial charge on any atom is 0.416 e. The number of nitrogens with zero attached hydrogens (tertiary/aromatic N) is 2. The highest BCUT2D eigenvalue weighted by Gasteiger charge is 2.29. The van der Waals surface area contributed by atoms with Gasteiger partial charge in [-0.1, -0.05) is 30.8 Å². The maximum atomic E-state index is 12.8. The molecule has 34 heavy (non-hydrogen) atoms. The van der Waals surface area contributed by atoms with E-state index in [1.807, 2.05) is 71.8 Å². The molecule has 5 nitrogen and oxygen atoms in total. The van der Waals surface area contributed by atoms with E-state index in [-0.39, 0.29) is 0 Å². The van der Waals surface area contributed by atoms with Gasteiger partial charge < -0.3 is 15.6 Å². The lowest BCUT2D eigenvalue weighted by Gasteiger charge is -2.13. The third-order valence-corrected chi connectivity index (χ3v) is 5.41. The summed E-state index contributed by atoms with van der Waals surface area (Å²) in [6.07, 6.45) is 1.24. The first-order chi connectivity index (χ1) is 16.4. The second-order valence-corrected chi connectivity index (χ2v) is 7.78. The molecule has 0 amide bonds. The molecule has 0 saturated carbocycles. The van der Waals surface area contributed by atoms with Gasteiger partial charge in [0.05, 0.1) is 23.1 Å². The van der Waals surface area contributed by atoms with Crippen LogP contribution in [0.25, 0.3) is 27.7 Å². The Balaban J connectivity index is 1.34. The molecule has 0 aliphatic carbocycles. The molecule has 3 aromatic carbocycles. The summed E-state index contributed by atoms with van der Waals surface area (Å²) in [4.78, 5) is 3.21. The van der Waals surface area contributed by atoms with Gasteiger partial charge in [-0.25, -0.2) is 4.68 Å². The van der Waals surface area contributed by atoms with Crippen LogP contribution in [0.1, 0.15) is 5.56 Å². The number of rotatable bonds is 6. The van der Waals surface area contributed by atoms with E-state index in [1.165, 1.54) is 12.1 Å². The lowest BCUT2D eigenvalue weighted by Crippen LogP contribution is -2.09. The van der Waals surface area contributed by atoms with Crippen molar-refractivity contribution in [2.24, 2.45) is 0 Å². The smallest absolute Gasteiger partial charge is 0.359 e. The first kappa shape index (κ1) is 21.4. The van der Waals surface area contributed by atoms with Gasteiger partial charge in [0.25, 0.3) is 0 Å². The van der Waals surface area contributed by atoms with Gasteiger partial charge in [0.1, 0.15) is 5.82 Å². The van der Waals surface area contributed by atoms with Crippen LogP contribution >= 0.6 is 0 Å². The lowest BCUT2D eigenvalue weighted by molar-refractivity contribution is -0.137. The van der Waals surface area contributed by atoms with Crippen LogP contribution in [0.4, 0.5) is 24.5 Å². The van der Waals surface area contributed by atoms with Crippen LogP contribution in [0.15, 0.2) is 104 Å². The zero-order valence-corrected chi connectivity index (χ0v) is 17.9. The normalized spacial score (nSPS) is 11.5. The van der Waals surface area contributed by atoms with Crippen LogP contribution in [0.5, 0.6) is 0 Å². The van der Waals surface area contributed by atoms with E-state index in [4.69, 9.17) is 0 Å². The fourth-order valence-corrected chi connectivity index (χ4v) is 3.71. The number of fused-ring (bicyclic) bond motifs is 1.